The van der Waals surface area contributed by atoms with Gasteiger partial charge in [0.2, 0.25) is 15.9 Å². The van der Waals surface area contributed by atoms with Gasteiger partial charge in [-0.2, -0.15) is 0 Å². The van der Waals surface area contributed by atoms with Gasteiger partial charge in [-0.3, -0.25) is 9.10 Å². The molecule has 0 N–H and O–H groups in total. The van der Waals surface area contributed by atoms with Gasteiger partial charge in [0.25, 0.3) is 0 Å². The van der Waals surface area contributed by atoms with Crippen molar-refractivity contribution in [2.75, 3.05) is 31.2 Å². The lowest BCUT2D eigenvalue weighted by Crippen LogP contribution is -2.40. The van der Waals surface area contributed by atoms with E-state index in [9.17, 15) is 13.2 Å². The molecule has 0 bridgehead atoms. The molecule has 0 unspecified atom stereocenters. The van der Waals surface area contributed by atoms with Gasteiger partial charge in [-0.05, 0) is 25.5 Å². The number of hydrogen-bond acceptors (Lipinski definition) is 3. The second-order valence-corrected chi connectivity index (χ2v) is 6.75. The first-order valence-electron chi connectivity index (χ1n) is 5.88. The monoisotopic (exact) mass is 284 g/mol. The normalized spacial score (nSPS) is 11.2. The predicted molar refractivity (Wildman–Crippen MR) is 76.8 cm³/mol. The topological polar surface area (TPSA) is 57.7 Å². The van der Waals surface area contributed by atoms with Gasteiger partial charge in [-0.25, -0.2) is 8.42 Å². The maximum absolute atomic E-state index is 11.9. The summed E-state index contributed by atoms with van der Waals surface area (Å²) in [4.78, 5) is 13.1. The summed E-state index contributed by atoms with van der Waals surface area (Å²) in [6.07, 6.45) is 1.11. The van der Waals surface area contributed by atoms with Crippen molar-refractivity contribution in [2.24, 2.45) is 0 Å². The van der Waals surface area contributed by atoms with Crippen LogP contribution in [0.2, 0.25) is 0 Å². The van der Waals surface area contributed by atoms with Gasteiger partial charge >= 0.3 is 0 Å². The highest BCUT2D eigenvalue weighted by Gasteiger charge is 2.22. The Kier molecular flexibility index (Phi) is 4.57. The second-order valence-electron chi connectivity index (χ2n) is 4.85. The molecule has 19 heavy (non-hydrogen) atoms. The SMILES string of the molecule is Cc1ccc(N(CC(=O)N(C)C)S(C)(=O)=O)c(C)c1. The summed E-state index contributed by atoms with van der Waals surface area (Å²) in [5.74, 6) is -0.259. The Morgan fingerprint density at radius 3 is 2.21 bits per heavy atom. The Morgan fingerprint density at radius 1 is 1.21 bits per heavy atom. The first-order chi connectivity index (χ1) is 8.62. The lowest BCUT2D eigenvalue weighted by molar-refractivity contribution is -0.127. The van der Waals surface area contributed by atoms with Crippen LogP contribution in [0.4, 0.5) is 5.69 Å². The molecule has 5 nitrogen and oxygen atoms in total. The van der Waals surface area contributed by atoms with Crippen molar-refractivity contribution < 1.29 is 13.2 Å². The van der Waals surface area contributed by atoms with Gasteiger partial charge in [0, 0.05) is 14.1 Å². The maximum Gasteiger partial charge on any atom is 0.242 e. The predicted octanol–water partition coefficient (Wildman–Crippen LogP) is 1.16. The molecular formula is C13H20N2O3S. The number of nitrogens with zero attached hydrogens (tertiary/aromatic N) is 2. The zero-order valence-electron chi connectivity index (χ0n) is 12.0. The highest BCUT2D eigenvalue weighted by atomic mass is 32.2. The molecule has 1 aromatic rings. The number of sulfonamides is 1. The largest absolute Gasteiger partial charge is 0.347 e. The zero-order valence-corrected chi connectivity index (χ0v) is 12.8. The molecule has 0 atom stereocenters. The third-order valence-electron chi connectivity index (χ3n) is 2.80. The first-order valence-corrected chi connectivity index (χ1v) is 7.73. The van der Waals surface area contributed by atoms with Crippen molar-refractivity contribution in [2.45, 2.75) is 13.8 Å². The maximum atomic E-state index is 11.9. The van der Waals surface area contributed by atoms with Crippen LogP contribution >= 0.6 is 0 Å². The fraction of sp³-hybridized carbons (Fsp3) is 0.462. The Hall–Kier alpha value is -1.56. The molecule has 0 saturated heterocycles. The molecule has 0 fully saturated rings. The summed E-state index contributed by atoms with van der Waals surface area (Å²) in [5, 5.41) is 0. The number of benzene rings is 1. The highest BCUT2D eigenvalue weighted by molar-refractivity contribution is 7.92. The van der Waals surface area contributed by atoms with Gasteiger partial charge in [0.15, 0.2) is 0 Å². The first kappa shape index (κ1) is 15.5. The lowest BCUT2D eigenvalue weighted by Gasteiger charge is -2.25. The van der Waals surface area contributed by atoms with Crippen LogP contribution in [0.1, 0.15) is 11.1 Å². The zero-order chi connectivity index (χ0) is 14.8. The minimum Gasteiger partial charge on any atom is -0.347 e. The molecule has 0 saturated carbocycles. The average Bonchev–Trinajstić information content (AvgIpc) is 2.24. The molecule has 1 amide bonds. The van der Waals surface area contributed by atoms with Crippen molar-refractivity contribution >= 4 is 21.6 Å². The molecule has 0 aliphatic heterocycles. The number of aryl methyl sites for hydroxylation is 2. The van der Waals surface area contributed by atoms with E-state index in [1.165, 1.54) is 4.90 Å². The molecule has 0 aliphatic rings. The van der Waals surface area contributed by atoms with Crippen LogP contribution in [0.5, 0.6) is 0 Å². The standard InChI is InChI=1S/C13H20N2O3S/c1-10-6-7-12(11(2)8-10)15(19(5,17)18)9-13(16)14(3)4/h6-8H,9H2,1-5H3. The number of anilines is 1. The molecule has 0 radical (unpaired) electrons. The van der Waals surface area contributed by atoms with Gasteiger partial charge < -0.3 is 4.90 Å². The van der Waals surface area contributed by atoms with E-state index in [-0.39, 0.29) is 12.5 Å². The number of rotatable bonds is 4. The van der Waals surface area contributed by atoms with Crippen molar-refractivity contribution in [3.63, 3.8) is 0 Å². The molecule has 106 valence electrons. The molecule has 0 spiro atoms. The van der Waals surface area contributed by atoms with Crippen LogP contribution in [0.3, 0.4) is 0 Å². The van der Waals surface area contributed by atoms with E-state index in [2.05, 4.69) is 0 Å². The van der Waals surface area contributed by atoms with E-state index < -0.39 is 10.0 Å². The van der Waals surface area contributed by atoms with E-state index in [0.717, 1.165) is 21.7 Å². The Labute approximate surface area is 114 Å². The van der Waals surface area contributed by atoms with E-state index in [0.29, 0.717) is 5.69 Å². The molecule has 0 aliphatic carbocycles. The van der Waals surface area contributed by atoms with E-state index >= 15 is 0 Å². The van der Waals surface area contributed by atoms with E-state index in [1.807, 2.05) is 26.0 Å². The van der Waals surface area contributed by atoms with E-state index in [4.69, 9.17) is 0 Å². The highest BCUT2D eigenvalue weighted by Crippen LogP contribution is 2.23. The van der Waals surface area contributed by atoms with Crippen LogP contribution in [0.15, 0.2) is 18.2 Å². The Balaban J connectivity index is 3.22. The summed E-state index contributed by atoms with van der Waals surface area (Å²) >= 11 is 0. The Morgan fingerprint density at radius 2 is 1.79 bits per heavy atom. The van der Waals surface area contributed by atoms with Crippen molar-refractivity contribution in [1.82, 2.24) is 4.90 Å². The van der Waals surface area contributed by atoms with Crippen LogP contribution in [-0.4, -0.2) is 46.1 Å². The number of likely N-dealkylation sites (N-methyl/N-ethyl adjacent to an activating group) is 1. The van der Waals surface area contributed by atoms with Crippen LogP contribution in [-0.2, 0) is 14.8 Å². The van der Waals surface area contributed by atoms with Crippen LogP contribution in [0, 0.1) is 13.8 Å². The third-order valence-corrected chi connectivity index (χ3v) is 3.93. The summed E-state index contributed by atoms with van der Waals surface area (Å²) in [7, 11) is -0.292. The van der Waals surface area contributed by atoms with Crippen LogP contribution in [0.25, 0.3) is 0 Å². The fourth-order valence-corrected chi connectivity index (χ4v) is 2.64. The number of carbonyl (C=O) groups excluding carboxylic acids is 1. The fourth-order valence-electron chi connectivity index (χ4n) is 1.73. The van der Waals surface area contributed by atoms with Crippen LogP contribution < -0.4 is 4.31 Å². The third kappa shape index (κ3) is 3.96. The summed E-state index contributed by atoms with van der Waals surface area (Å²) in [5.41, 5.74) is 2.42. The van der Waals surface area contributed by atoms with Gasteiger partial charge in [-0.1, -0.05) is 17.7 Å². The quantitative estimate of drug-likeness (QED) is 0.833. The molecule has 0 heterocycles. The molecule has 1 rings (SSSR count). The van der Waals surface area contributed by atoms with Gasteiger partial charge in [0.1, 0.15) is 6.54 Å². The Bertz CT molecular complexity index is 580. The number of hydrogen-bond donors (Lipinski definition) is 0. The van der Waals surface area contributed by atoms with E-state index in [1.54, 1.807) is 20.2 Å². The van der Waals surface area contributed by atoms with Gasteiger partial charge in [-0.15, -0.1) is 0 Å². The summed E-state index contributed by atoms with van der Waals surface area (Å²) in [6.45, 7) is 3.59. The smallest absolute Gasteiger partial charge is 0.242 e. The van der Waals surface area contributed by atoms with Crippen molar-refractivity contribution in [3.05, 3.63) is 29.3 Å². The summed E-state index contributed by atoms with van der Waals surface area (Å²) in [6, 6.07) is 5.46. The van der Waals surface area contributed by atoms with Crippen molar-refractivity contribution in [1.29, 1.82) is 0 Å². The average molecular weight is 284 g/mol. The van der Waals surface area contributed by atoms with Gasteiger partial charge in [0.05, 0.1) is 11.9 Å². The number of amides is 1. The lowest BCUT2D eigenvalue weighted by atomic mass is 10.1. The second kappa shape index (κ2) is 5.61. The molecule has 0 aromatic heterocycles. The van der Waals surface area contributed by atoms with Crippen molar-refractivity contribution in [3.8, 4) is 0 Å². The minimum atomic E-state index is -3.50. The molecule has 1 aromatic carbocycles. The summed E-state index contributed by atoms with van der Waals surface area (Å²) < 4.78 is 24.9. The minimum absolute atomic E-state index is 0.185. The molecular weight excluding hydrogens is 264 g/mol. The molecule has 6 heteroatoms. The number of carbonyl (C=O) groups is 1.